The van der Waals surface area contributed by atoms with E-state index >= 15 is 0 Å². The summed E-state index contributed by atoms with van der Waals surface area (Å²) in [6.07, 6.45) is 1.75. The molecule has 0 aliphatic heterocycles. The van der Waals surface area contributed by atoms with Crippen LogP contribution in [0, 0.1) is 0 Å². The number of anilines is 1. The van der Waals surface area contributed by atoms with Crippen molar-refractivity contribution in [2.75, 3.05) is 12.5 Å². The second-order valence-corrected chi connectivity index (χ2v) is 6.98. The summed E-state index contributed by atoms with van der Waals surface area (Å²) < 4.78 is 6.19. The van der Waals surface area contributed by atoms with E-state index in [2.05, 4.69) is 36.4 Å². The maximum Gasteiger partial charge on any atom is 0.162 e. The largest absolute Gasteiger partial charge is 0.497 e. The summed E-state index contributed by atoms with van der Waals surface area (Å²) in [5.74, 6) is 2.12. The molecule has 0 amide bonds. The molecule has 0 saturated heterocycles. The SMILES string of the molecule is COc1ccc(C=NNc2nc(-c3ccc(Br)cc3)nc3ccccc23)cc1. The topological polar surface area (TPSA) is 59.4 Å². The fourth-order valence-electron chi connectivity index (χ4n) is 2.75. The van der Waals surface area contributed by atoms with Gasteiger partial charge in [-0.05, 0) is 54.1 Å². The van der Waals surface area contributed by atoms with Gasteiger partial charge in [-0.3, -0.25) is 5.43 Å². The highest BCUT2D eigenvalue weighted by Gasteiger charge is 2.08. The molecule has 0 radical (unpaired) electrons. The minimum atomic E-state index is 0.647. The van der Waals surface area contributed by atoms with Crippen LogP contribution in [0.2, 0.25) is 0 Å². The number of benzene rings is 3. The number of para-hydroxylation sites is 1. The second-order valence-electron chi connectivity index (χ2n) is 6.06. The summed E-state index contributed by atoms with van der Waals surface area (Å²) in [4.78, 5) is 9.38. The van der Waals surface area contributed by atoms with Crippen LogP contribution in [0.4, 0.5) is 5.82 Å². The number of rotatable bonds is 5. The molecule has 0 aliphatic rings. The highest BCUT2D eigenvalue weighted by atomic mass is 79.9. The number of aromatic nitrogens is 2. The maximum atomic E-state index is 5.17. The zero-order valence-electron chi connectivity index (χ0n) is 15.1. The van der Waals surface area contributed by atoms with Gasteiger partial charge in [0, 0.05) is 15.4 Å². The molecule has 0 bridgehead atoms. The summed E-state index contributed by atoms with van der Waals surface area (Å²) in [5, 5.41) is 5.27. The van der Waals surface area contributed by atoms with E-state index in [4.69, 9.17) is 4.74 Å². The van der Waals surface area contributed by atoms with E-state index in [0.717, 1.165) is 32.3 Å². The first-order chi connectivity index (χ1) is 13.7. The van der Waals surface area contributed by atoms with Gasteiger partial charge in [-0.1, -0.05) is 40.2 Å². The first-order valence-electron chi connectivity index (χ1n) is 8.69. The standard InChI is InChI=1S/C22H17BrN4O/c1-28-18-12-6-15(7-13-18)14-24-27-22-19-4-2-3-5-20(19)25-21(26-22)16-8-10-17(23)11-9-16/h2-14H,1H3,(H,25,26,27). The van der Waals surface area contributed by atoms with E-state index in [0.29, 0.717) is 11.6 Å². The Morgan fingerprint density at radius 2 is 1.68 bits per heavy atom. The third kappa shape index (κ3) is 4.02. The number of nitrogens with one attached hydrogen (secondary N) is 1. The van der Waals surface area contributed by atoms with E-state index < -0.39 is 0 Å². The second kappa shape index (κ2) is 8.19. The maximum absolute atomic E-state index is 5.17. The average Bonchev–Trinajstić information content (AvgIpc) is 2.74. The van der Waals surface area contributed by atoms with Gasteiger partial charge in [0.25, 0.3) is 0 Å². The Morgan fingerprint density at radius 1 is 0.929 bits per heavy atom. The van der Waals surface area contributed by atoms with Crippen molar-refractivity contribution in [1.82, 2.24) is 9.97 Å². The van der Waals surface area contributed by atoms with Gasteiger partial charge < -0.3 is 4.74 Å². The van der Waals surface area contributed by atoms with Gasteiger partial charge in [-0.25, -0.2) is 9.97 Å². The van der Waals surface area contributed by atoms with Crippen molar-refractivity contribution in [3.05, 3.63) is 82.8 Å². The van der Waals surface area contributed by atoms with Gasteiger partial charge in [-0.2, -0.15) is 5.10 Å². The molecule has 1 N–H and O–H groups in total. The predicted octanol–water partition coefficient (Wildman–Crippen LogP) is 5.51. The lowest BCUT2D eigenvalue weighted by Gasteiger charge is -2.08. The van der Waals surface area contributed by atoms with Crippen molar-refractivity contribution in [2.45, 2.75) is 0 Å². The van der Waals surface area contributed by atoms with Crippen LogP contribution >= 0.6 is 15.9 Å². The van der Waals surface area contributed by atoms with Crippen molar-refractivity contribution in [1.29, 1.82) is 0 Å². The van der Waals surface area contributed by atoms with Crippen LogP contribution in [0.25, 0.3) is 22.3 Å². The highest BCUT2D eigenvalue weighted by Crippen LogP contribution is 2.25. The van der Waals surface area contributed by atoms with Gasteiger partial charge in [0.05, 0.1) is 18.8 Å². The lowest BCUT2D eigenvalue weighted by molar-refractivity contribution is 0.415. The van der Waals surface area contributed by atoms with Crippen molar-refractivity contribution in [2.24, 2.45) is 5.10 Å². The number of methoxy groups -OCH3 is 1. The van der Waals surface area contributed by atoms with Crippen molar-refractivity contribution >= 4 is 38.9 Å². The Morgan fingerprint density at radius 3 is 2.43 bits per heavy atom. The summed E-state index contributed by atoms with van der Waals surface area (Å²) in [7, 11) is 1.65. The first kappa shape index (κ1) is 18.1. The van der Waals surface area contributed by atoms with Crippen LogP contribution in [-0.4, -0.2) is 23.3 Å². The third-order valence-corrected chi connectivity index (χ3v) is 4.73. The Balaban J connectivity index is 1.66. The van der Waals surface area contributed by atoms with Crippen molar-refractivity contribution < 1.29 is 4.74 Å². The molecule has 0 fully saturated rings. The van der Waals surface area contributed by atoms with E-state index in [9.17, 15) is 0 Å². The highest BCUT2D eigenvalue weighted by molar-refractivity contribution is 9.10. The molecule has 0 unspecified atom stereocenters. The van der Waals surface area contributed by atoms with Crippen LogP contribution < -0.4 is 10.2 Å². The molecule has 6 heteroatoms. The van der Waals surface area contributed by atoms with Gasteiger partial charge in [0.2, 0.25) is 0 Å². The summed E-state index contributed by atoms with van der Waals surface area (Å²) in [6.45, 7) is 0. The third-order valence-electron chi connectivity index (χ3n) is 4.21. The molecule has 1 heterocycles. The number of hydrogen-bond acceptors (Lipinski definition) is 5. The van der Waals surface area contributed by atoms with Crippen LogP contribution in [0.3, 0.4) is 0 Å². The van der Waals surface area contributed by atoms with Gasteiger partial charge >= 0.3 is 0 Å². The Kier molecular flexibility index (Phi) is 5.30. The van der Waals surface area contributed by atoms with E-state index in [1.807, 2.05) is 72.8 Å². The van der Waals surface area contributed by atoms with Crippen LogP contribution in [-0.2, 0) is 0 Å². The number of fused-ring (bicyclic) bond motifs is 1. The van der Waals surface area contributed by atoms with Crippen molar-refractivity contribution in [3.63, 3.8) is 0 Å². The van der Waals surface area contributed by atoms with Gasteiger partial charge in [-0.15, -0.1) is 0 Å². The molecule has 3 aromatic carbocycles. The number of ether oxygens (including phenoxy) is 1. The quantitative estimate of drug-likeness (QED) is 0.333. The molecule has 0 atom stereocenters. The van der Waals surface area contributed by atoms with Crippen LogP contribution in [0.15, 0.2) is 82.4 Å². The van der Waals surface area contributed by atoms with E-state index in [1.54, 1.807) is 13.3 Å². The van der Waals surface area contributed by atoms with Crippen LogP contribution in [0.1, 0.15) is 5.56 Å². The zero-order chi connectivity index (χ0) is 19.3. The van der Waals surface area contributed by atoms with E-state index in [1.165, 1.54) is 0 Å². The minimum Gasteiger partial charge on any atom is -0.497 e. The number of hydrogen-bond donors (Lipinski definition) is 1. The molecule has 0 saturated carbocycles. The summed E-state index contributed by atoms with van der Waals surface area (Å²) in [5.41, 5.74) is 5.82. The molecule has 138 valence electrons. The predicted molar refractivity (Wildman–Crippen MR) is 117 cm³/mol. The smallest absolute Gasteiger partial charge is 0.162 e. The molecule has 1 aromatic heterocycles. The lowest BCUT2D eigenvalue weighted by atomic mass is 10.2. The minimum absolute atomic E-state index is 0.647. The van der Waals surface area contributed by atoms with Gasteiger partial charge in [0.15, 0.2) is 11.6 Å². The normalized spacial score (nSPS) is 11.1. The van der Waals surface area contributed by atoms with Gasteiger partial charge in [0.1, 0.15) is 5.75 Å². The van der Waals surface area contributed by atoms with Crippen molar-refractivity contribution in [3.8, 4) is 17.1 Å². The first-order valence-corrected chi connectivity index (χ1v) is 9.48. The van der Waals surface area contributed by atoms with Crippen LogP contribution in [0.5, 0.6) is 5.75 Å². The molecule has 0 aliphatic carbocycles. The Labute approximate surface area is 171 Å². The fraction of sp³-hybridized carbons (Fsp3) is 0.0455. The summed E-state index contributed by atoms with van der Waals surface area (Å²) in [6, 6.07) is 23.5. The molecule has 4 rings (SSSR count). The molecular weight excluding hydrogens is 416 g/mol. The molecule has 4 aromatic rings. The lowest BCUT2D eigenvalue weighted by Crippen LogP contribution is -1.99. The molecule has 0 spiro atoms. The Hall–Kier alpha value is -3.25. The molecule has 28 heavy (non-hydrogen) atoms. The average molecular weight is 433 g/mol. The number of nitrogens with zero attached hydrogens (tertiary/aromatic N) is 3. The number of hydrazone groups is 1. The van der Waals surface area contributed by atoms with E-state index in [-0.39, 0.29) is 0 Å². The summed E-state index contributed by atoms with van der Waals surface area (Å²) >= 11 is 3.46. The molecule has 5 nitrogen and oxygen atoms in total. The Bertz CT molecular complexity index is 1130. The monoisotopic (exact) mass is 432 g/mol. The fourth-order valence-corrected chi connectivity index (χ4v) is 3.01. The zero-order valence-corrected chi connectivity index (χ0v) is 16.7. The number of halogens is 1. The molecular formula is C22H17BrN4O.